The number of nitrogens with one attached hydrogen (secondary N) is 1. The van der Waals surface area contributed by atoms with E-state index in [4.69, 9.17) is 23.7 Å². The van der Waals surface area contributed by atoms with Crippen molar-refractivity contribution in [1.29, 1.82) is 0 Å². The third kappa shape index (κ3) is 4.95. The average Bonchev–Trinajstić information content (AvgIpc) is 3.37. The molecule has 9 heteroatoms. The summed E-state index contributed by atoms with van der Waals surface area (Å²) in [6.07, 6.45) is -2.89. The average molecular weight is 379 g/mol. The molecular weight excluding hydrogens is 358 g/mol. The van der Waals surface area contributed by atoms with Crippen LogP contribution in [0.4, 0.5) is 5.69 Å². The Labute approximate surface area is 155 Å². The fraction of sp³-hybridized carbons (Fsp3) is 0.500. The number of esters is 2. The van der Waals surface area contributed by atoms with Gasteiger partial charge in [0.2, 0.25) is 12.2 Å². The van der Waals surface area contributed by atoms with Crippen molar-refractivity contribution in [3.63, 3.8) is 0 Å². The van der Waals surface area contributed by atoms with E-state index >= 15 is 0 Å². The Kier molecular flexibility index (Phi) is 5.62. The first-order valence-corrected chi connectivity index (χ1v) is 8.49. The predicted octanol–water partition coefficient (Wildman–Crippen LogP) is 1.01. The normalized spacial score (nSPS) is 28.5. The van der Waals surface area contributed by atoms with E-state index in [-0.39, 0.29) is 18.6 Å². The van der Waals surface area contributed by atoms with Crippen LogP contribution in [0.2, 0.25) is 0 Å². The van der Waals surface area contributed by atoms with Crippen LogP contribution in [-0.2, 0) is 33.3 Å². The molecule has 3 rings (SSSR count). The molecule has 2 heterocycles. The summed E-state index contributed by atoms with van der Waals surface area (Å²) in [4.78, 5) is 33.5. The number of hydrogen-bond acceptors (Lipinski definition) is 8. The summed E-state index contributed by atoms with van der Waals surface area (Å²) in [6.45, 7) is 3.92. The third-order valence-electron chi connectivity index (χ3n) is 4.01. The Balaban J connectivity index is 1.65. The number of hydrogen-bond donors (Lipinski definition) is 1. The third-order valence-corrected chi connectivity index (χ3v) is 4.01. The predicted molar refractivity (Wildman–Crippen MR) is 90.9 cm³/mol. The zero-order chi connectivity index (χ0) is 19.6. The summed E-state index contributed by atoms with van der Waals surface area (Å²) < 4.78 is 27.5. The maximum Gasteiger partial charge on any atom is 0.303 e. The van der Waals surface area contributed by atoms with Gasteiger partial charge in [0.15, 0.2) is 12.2 Å². The van der Waals surface area contributed by atoms with Crippen LogP contribution in [0.5, 0.6) is 5.75 Å². The molecule has 0 aliphatic carbocycles. The number of carbonyl (C=O) groups is 3. The van der Waals surface area contributed by atoms with E-state index in [2.05, 4.69) is 5.32 Å². The van der Waals surface area contributed by atoms with Gasteiger partial charge >= 0.3 is 11.9 Å². The minimum Gasteiger partial charge on any atom is -0.463 e. The fourth-order valence-corrected chi connectivity index (χ4v) is 2.88. The lowest BCUT2D eigenvalue weighted by Gasteiger charge is -2.32. The van der Waals surface area contributed by atoms with Crippen LogP contribution < -0.4 is 10.1 Å². The number of carbonyl (C=O) groups excluding carboxylic acids is 3. The van der Waals surface area contributed by atoms with Crippen LogP contribution >= 0.6 is 0 Å². The number of fused-ring (bicyclic) bond motifs is 1. The molecule has 27 heavy (non-hydrogen) atoms. The van der Waals surface area contributed by atoms with E-state index < -0.39 is 36.5 Å². The molecule has 1 unspecified atom stereocenters. The van der Waals surface area contributed by atoms with Crippen LogP contribution in [0.3, 0.4) is 0 Å². The zero-order valence-electron chi connectivity index (χ0n) is 15.2. The van der Waals surface area contributed by atoms with Gasteiger partial charge in [-0.05, 0) is 24.3 Å². The minimum atomic E-state index is -0.742. The van der Waals surface area contributed by atoms with Crippen LogP contribution in [0.25, 0.3) is 0 Å². The Bertz CT molecular complexity index is 719. The highest BCUT2D eigenvalue weighted by Crippen LogP contribution is 2.40. The molecule has 0 saturated carbocycles. The fourth-order valence-electron chi connectivity index (χ4n) is 2.88. The molecule has 146 valence electrons. The Morgan fingerprint density at radius 1 is 1.00 bits per heavy atom. The molecular formula is C18H21NO8. The van der Waals surface area contributed by atoms with Gasteiger partial charge in [0, 0.05) is 26.5 Å². The number of ether oxygens (including phenoxy) is 5. The number of benzene rings is 1. The van der Waals surface area contributed by atoms with Crippen molar-refractivity contribution in [1.82, 2.24) is 0 Å². The van der Waals surface area contributed by atoms with Gasteiger partial charge in [-0.25, -0.2) is 0 Å². The number of epoxide rings is 1. The second-order valence-corrected chi connectivity index (χ2v) is 6.31. The summed E-state index contributed by atoms with van der Waals surface area (Å²) in [6, 6.07) is 6.77. The molecule has 0 radical (unpaired) electrons. The molecule has 2 fully saturated rings. The summed E-state index contributed by atoms with van der Waals surface area (Å²) >= 11 is 0. The van der Waals surface area contributed by atoms with Gasteiger partial charge in [0.25, 0.3) is 0 Å². The summed E-state index contributed by atoms with van der Waals surface area (Å²) in [5, 5.41) is 2.66. The van der Waals surface area contributed by atoms with Gasteiger partial charge in [-0.1, -0.05) is 0 Å². The first-order chi connectivity index (χ1) is 12.8. The van der Waals surface area contributed by atoms with Crippen molar-refractivity contribution in [3.05, 3.63) is 24.3 Å². The van der Waals surface area contributed by atoms with E-state index in [0.29, 0.717) is 11.4 Å². The van der Waals surface area contributed by atoms with Gasteiger partial charge in [-0.3, -0.25) is 14.4 Å². The molecule has 1 amide bonds. The monoisotopic (exact) mass is 379 g/mol. The minimum absolute atomic E-state index is 0.0822. The SMILES string of the molecule is CC(=O)Nc1ccc(O[C@H]2O[C@H](COC(C)=O)[C@@H](OC(C)=O)[C@@H]3OC23)cc1. The second kappa shape index (κ2) is 7.93. The Morgan fingerprint density at radius 2 is 1.70 bits per heavy atom. The van der Waals surface area contributed by atoms with Crippen molar-refractivity contribution < 1.29 is 38.1 Å². The topological polar surface area (TPSA) is 113 Å². The quantitative estimate of drug-likeness (QED) is 0.576. The van der Waals surface area contributed by atoms with E-state index in [9.17, 15) is 14.4 Å². The van der Waals surface area contributed by atoms with Crippen molar-refractivity contribution in [3.8, 4) is 5.75 Å². The van der Waals surface area contributed by atoms with E-state index in [1.165, 1.54) is 20.8 Å². The molecule has 2 aliphatic heterocycles. The first kappa shape index (κ1) is 19.1. The van der Waals surface area contributed by atoms with Gasteiger partial charge < -0.3 is 29.0 Å². The molecule has 1 aromatic carbocycles. The highest BCUT2D eigenvalue weighted by Gasteiger charge is 2.61. The highest BCUT2D eigenvalue weighted by atomic mass is 16.8. The van der Waals surface area contributed by atoms with E-state index in [0.717, 1.165) is 0 Å². The Morgan fingerprint density at radius 3 is 2.30 bits per heavy atom. The summed E-state index contributed by atoms with van der Waals surface area (Å²) in [5.74, 6) is -0.595. The standard InChI is InChI=1S/C18H21NO8/c1-9(20)19-12-4-6-13(7-5-12)25-18-17-16(27-17)15(24-11(3)22)14(26-18)8-23-10(2)21/h4-7,14-18H,8H2,1-3H3,(H,19,20)/t14-,15-,16+,17?,18+/m1/s1. The second-order valence-electron chi connectivity index (χ2n) is 6.31. The summed E-state index contributed by atoms with van der Waals surface area (Å²) in [5.41, 5.74) is 0.641. The maximum atomic E-state index is 11.3. The van der Waals surface area contributed by atoms with Gasteiger partial charge in [-0.2, -0.15) is 0 Å². The lowest BCUT2D eigenvalue weighted by molar-refractivity contribution is -0.202. The smallest absolute Gasteiger partial charge is 0.303 e. The molecule has 2 aliphatic rings. The van der Waals surface area contributed by atoms with Crippen LogP contribution in [-0.4, -0.2) is 55.2 Å². The lowest BCUT2D eigenvalue weighted by Crippen LogP contribution is -2.51. The highest BCUT2D eigenvalue weighted by molar-refractivity contribution is 5.88. The molecule has 0 spiro atoms. The largest absolute Gasteiger partial charge is 0.463 e. The van der Waals surface area contributed by atoms with Crippen molar-refractivity contribution in [2.24, 2.45) is 0 Å². The number of amides is 1. The zero-order valence-corrected chi connectivity index (χ0v) is 15.2. The molecule has 9 nitrogen and oxygen atoms in total. The number of anilines is 1. The maximum absolute atomic E-state index is 11.3. The van der Waals surface area contributed by atoms with Crippen molar-refractivity contribution >= 4 is 23.5 Å². The van der Waals surface area contributed by atoms with Gasteiger partial charge in [0.05, 0.1) is 0 Å². The van der Waals surface area contributed by atoms with Gasteiger partial charge in [-0.15, -0.1) is 0 Å². The van der Waals surface area contributed by atoms with Crippen molar-refractivity contribution in [2.45, 2.75) is 51.5 Å². The molecule has 0 bridgehead atoms. The molecule has 2 saturated heterocycles. The number of rotatable bonds is 6. The molecule has 1 N–H and O–H groups in total. The molecule has 5 atom stereocenters. The first-order valence-electron chi connectivity index (χ1n) is 8.49. The molecule has 0 aromatic heterocycles. The van der Waals surface area contributed by atoms with E-state index in [1.54, 1.807) is 24.3 Å². The Hall–Kier alpha value is -2.65. The van der Waals surface area contributed by atoms with Crippen molar-refractivity contribution in [2.75, 3.05) is 11.9 Å². The van der Waals surface area contributed by atoms with Gasteiger partial charge in [0.1, 0.15) is 24.6 Å². The van der Waals surface area contributed by atoms with E-state index in [1.807, 2.05) is 0 Å². The molecule has 1 aromatic rings. The van der Waals surface area contributed by atoms with Crippen LogP contribution in [0.1, 0.15) is 20.8 Å². The lowest BCUT2D eigenvalue weighted by atomic mass is 10.0. The summed E-state index contributed by atoms with van der Waals surface area (Å²) in [7, 11) is 0. The van der Waals surface area contributed by atoms with Crippen LogP contribution in [0.15, 0.2) is 24.3 Å². The van der Waals surface area contributed by atoms with Crippen LogP contribution in [0, 0.1) is 0 Å².